The quantitative estimate of drug-likeness (QED) is 0.245. The summed E-state index contributed by atoms with van der Waals surface area (Å²) in [7, 11) is 0. The molecule has 0 spiro atoms. The Hall–Kier alpha value is -0.580. The van der Waals surface area contributed by atoms with Gasteiger partial charge in [0, 0.05) is 4.43 Å². The number of halogens is 1. The summed E-state index contributed by atoms with van der Waals surface area (Å²) in [5, 5.41) is 0. The minimum absolute atomic E-state index is 0.0539. The van der Waals surface area contributed by atoms with Crippen LogP contribution in [0.5, 0.6) is 0 Å². The van der Waals surface area contributed by atoms with Crippen LogP contribution in [-0.4, -0.2) is 16.5 Å². The van der Waals surface area contributed by atoms with Gasteiger partial charge >= 0.3 is 5.97 Å². The van der Waals surface area contributed by atoms with E-state index in [9.17, 15) is 4.79 Å². The molecule has 0 saturated carbocycles. The second kappa shape index (κ2) is 13.6. The number of ether oxygens (including phenoxy) is 1. The topological polar surface area (TPSA) is 26.3 Å². The van der Waals surface area contributed by atoms with Crippen molar-refractivity contribution in [3.05, 3.63) is 35.4 Å². The van der Waals surface area contributed by atoms with Crippen molar-refractivity contribution in [3.63, 3.8) is 0 Å². The largest absolute Gasteiger partial charge is 0.458 e. The first-order valence-electron chi connectivity index (χ1n) is 10.7. The molecule has 0 fully saturated rings. The van der Waals surface area contributed by atoms with Gasteiger partial charge in [0.2, 0.25) is 0 Å². The predicted octanol–water partition coefficient (Wildman–Crippen LogP) is 7.27. The Kier molecular flexibility index (Phi) is 11.3. The molecule has 1 unspecified atom stereocenters. The van der Waals surface area contributed by atoms with Gasteiger partial charge in [0.1, 0.15) is 6.10 Å². The number of hydrogen-bond donors (Lipinski definition) is 0. The molecule has 1 aliphatic heterocycles. The van der Waals surface area contributed by atoms with Gasteiger partial charge in [-0.1, -0.05) is 105 Å². The van der Waals surface area contributed by atoms with Gasteiger partial charge in [-0.05, 0) is 37.3 Å². The molecule has 1 heterocycles. The maximum atomic E-state index is 12.7. The van der Waals surface area contributed by atoms with Crippen LogP contribution in [0, 0.1) is 0 Å². The zero-order chi connectivity index (χ0) is 18.5. The molecule has 0 aromatic heterocycles. The van der Waals surface area contributed by atoms with Gasteiger partial charge in [-0.25, -0.2) is 4.79 Å². The van der Waals surface area contributed by atoms with E-state index in [0.29, 0.717) is 0 Å². The van der Waals surface area contributed by atoms with Gasteiger partial charge in [0.15, 0.2) is 0 Å². The molecule has 26 heavy (non-hydrogen) atoms. The molecule has 1 aliphatic rings. The maximum Gasteiger partial charge on any atom is 0.338 e. The molecule has 146 valence electrons. The van der Waals surface area contributed by atoms with Gasteiger partial charge in [-0.3, -0.25) is 0 Å². The van der Waals surface area contributed by atoms with Crippen molar-refractivity contribution in [2.75, 3.05) is 4.43 Å². The molecule has 1 atom stereocenters. The van der Waals surface area contributed by atoms with Gasteiger partial charge in [0.25, 0.3) is 0 Å². The summed E-state index contributed by atoms with van der Waals surface area (Å²) < 4.78 is 6.73. The second-order valence-electron chi connectivity index (χ2n) is 7.62. The average molecular weight is 470 g/mol. The van der Waals surface area contributed by atoms with Crippen LogP contribution in [0.25, 0.3) is 0 Å². The highest BCUT2D eigenvalue weighted by Crippen LogP contribution is 2.19. The highest BCUT2D eigenvalue weighted by atomic mass is 127. The van der Waals surface area contributed by atoms with Gasteiger partial charge < -0.3 is 4.74 Å². The summed E-state index contributed by atoms with van der Waals surface area (Å²) in [5.41, 5.74) is 1.93. The van der Waals surface area contributed by atoms with Crippen molar-refractivity contribution in [2.24, 2.45) is 0 Å². The average Bonchev–Trinajstić information content (AvgIpc) is 2.66. The van der Waals surface area contributed by atoms with E-state index in [1.807, 2.05) is 18.2 Å². The number of alkyl halides is 1. The zero-order valence-electron chi connectivity index (χ0n) is 16.2. The van der Waals surface area contributed by atoms with E-state index in [-0.39, 0.29) is 12.1 Å². The van der Waals surface area contributed by atoms with Crippen molar-refractivity contribution >= 4 is 28.6 Å². The fourth-order valence-electron chi connectivity index (χ4n) is 3.78. The number of carbonyl (C=O) groups is 1. The van der Waals surface area contributed by atoms with Crippen LogP contribution in [0.4, 0.5) is 0 Å². The van der Waals surface area contributed by atoms with Gasteiger partial charge in [-0.15, -0.1) is 0 Å². The van der Waals surface area contributed by atoms with E-state index in [4.69, 9.17) is 4.74 Å². The Labute approximate surface area is 173 Å². The smallest absolute Gasteiger partial charge is 0.338 e. The van der Waals surface area contributed by atoms with E-state index >= 15 is 0 Å². The summed E-state index contributed by atoms with van der Waals surface area (Å²) in [6, 6.07) is 8.02. The van der Waals surface area contributed by atoms with Crippen molar-refractivity contribution in [3.8, 4) is 0 Å². The first-order valence-corrected chi connectivity index (χ1v) is 12.2. The lowest BCUT2D eigenvalue weighted by molar-refractivity contribution is 0.0334. The van der Waals surface area contributed by atoms with E-state index in [1.165, 1.54) is 77.0 Å². The van der Waals surface area contributed by atoms with Crippen molar-refractivity contribution in [1.29, 1.82) is 0 Å². The van der Waals surface area contributed by atoms with E-state index in [0.717, 1.165) is 28.4 Å². The lowest BCUT2D eigenvalue weighted by Gasteiger charge is -2.17. The number of rotatable bonds is 1. The monoisotopic (exact) mass is 470 g/mol. The molecule has 3 heteroatoms. The van der Waals surface area contributed by atoms with E-state index in [1.54, 1.807) is 0 Å². The fourth-order valence-corrected chi connectivity index (χ4v) is 4.40. The molecule has 0 saturated heterocycles. The SMILES string of the molecule is O=C1OC(CI)CCCCCCCCCCCCCCc2ccccc21. The first-order chi connectivity index (χ1) is 12.8. The van der Waals surface area contributed by atoms with Crippen LogP contribution in [-0.2, 0) is 11.2 Å². The molecular formula is C23H35IO2. The van der Waals surface area contributed by atoms with Crippen LogP contribution in [0.15, 0.2) is 24.3 Å². The Morgan fingerprint density at radius 3 is 1.96 bits per heavy atom. The van der Waals surface area contributed by atoms with Crippen LogP contribution >= 0.6 is 22.6 Å². The molecule has 1 aromatic rings. The summed E-state index contributed by atoms with van der Waals surface area (Å²) in [6.07, 6.45) is 17.9. The van der Waals surface area contributed by atoms with Crippen molar-refractivity contribution in [1.82, 2.24) is 0 Å². The molecule has 0 aliphatic carbocycles. The molecule has 0 radical (unpaired) electrons. The Bertz CT molecular complexity index is 515. The van der Waals surface area contributed by atoms with Crippen LogP contribution in [0.1, 0.15) is 99.4 Å². The van der Waals surface area contributed by atoms with E-state index < -0.39 is 0 Å². The standard InChI is InChI=1S/C23H35IO2/c24-19-21-17-12-10-8-6-4-2-1-3-5-7-9-11-15-20-16-13-14-18-22(20)23(25)26-21/h13-14,16,18,21H,1-12,15,17,19H2. The summed E-state index contributed by atoms with van der Waals surface area (Å²) in [6.45, 7) is 0. The minimum Gasteiger partial charge on any atom is -0.458 e. The lowest BCUT2D eigenvalue weighted by Crippen LogP contribution is -2.20. The molecular weight excluding hydrogens is 435 g/mol. The molecule has 1 aromatic carbocycles. The van der Waals surface area contributed by atoms with Crippen molar-refractivity contribution in [2.45, 2.75) is 96.0 Å². The van der Waals surface area contributed by atoms with Crippen LogP contribution in [0.3, 0.4) is 0 Å². The maximum absolute atomic E-state index is 12.7. The second-order valence-corrected chi connectivity index (χ2v) is 8.50. The highest BCUT2D eigenvalue weighted by molar-refractivity contribution is 14.1. The Morgan fingerprint density at radius 2 is 1.35 bits per heavy atom. The Morgan fingerprint density at radius 1 is 0.808 bits per heavy atom. The molecule has 2 nitrogen and oxygen atoms in total. The van der Waals surface area contributed by atoms with Crippen molar-refractivity contribution < 1.29 is 9.53 Å². The predicted molar refractivity (Wildman–Crippen MR) is 118 cm³/mol. The molecule has 2 rings (SSSR count). The van der Waals surface area contributed by atoms with Gasteiger partial charge in [0.05, 0.1) is 5.56 Å². The number of fused-ring (bicyclic) bond motifs is 1. The van der Waals surface area contributed by atoms with Crippen LogP contribution < -0.4 is 0 Å². The van der Waals surface area contributed by atoms with Crippen LogP contribution in [0.2, 0.25) is 0 Å². The number of esters is 1. The normalized spacial score (nSPS) is 22.3. The number of hydrogen-bond acceptors (Lipinski definition) is 2. The zero-order valence-corrected chi connectivity index (χ0v) is 18.3. The summed E-state index contributed by atoms with van der Waals surface area (Å²) in [4.78, 5) is 12.7. The third-order valence-corrected chi connectivity index (χ3v) is 6.39. The molecule has 0 amide bonds. The van der Waals surface area contributed by atoms with Gasteiger partial charge in [-0.2, -0.15) is 0 Å². The lowest BCUT2D eigenvalue weighted by atomic mass is 10.00. The third-order valence-electron chi connectivity index (χ3n) is 5.41. The summed E-state index contributed by atoms with van der Waals surface area (Å²) in [5.74, 6) is -0.125. The molecule has 0 bridgehead atoms. The highest BCUT2D eigenvalue weighted by Gasteiger charge is 2.17. The number of carbonyl (C=O) groups excluding carboxylic acids is 1. The third kappa shape index (κ3) is 8.41. The molecule has 0 N–H and O–H groups in total. The fraction of sp³-hybridized carbons (Fsp3) is 0.696. The number of aryl methyl sites for hydroxylation is 1. The minimum atomic E-state index is -0.125. The Balaban J connectivity index is 1.96. The first kappa shape index (κ1) is 21.7. The number of cyclic esters (lactones) is 1. The number of benzene rings is 1. The van der Waals surface area contributed by atoms with E-state index in [2.05, 4.69) is 28.7 Å². The summed E-state index contributed by atoms with van der Waals surface area (Å²) >= 11 is 2.35.